The minimum absolute atomic E-state index is 0.0106. The van der Waals surface area contributed by atoms with Gasteiger partial charge in [-0.2, -0.15) is 0 Å². The van der Waals surface area contributed by atoms with Crippen molar-refractivity contribution < 1.29 is 14.3 Å². The van der Waals surface area contributed by atoms with Gasteiger partial charge in [-0.3, -0.25) is 0 Å². The van der Waals surface area contributed by atoms with Crippen molar-refractivity contribution in [1.29, 1.82) is 0 Å². The molecular formula is C11H19O3. The Morgan fingerprint density at radius 2 is 2.14 bits per heavy atom. The lowest BCUT2D eigenvalue weighted by atomic mass is 10.2. The minimum Gasteiger partial charge on any atom is -0.462 e. The Morgan fingerprint density at radius 3 is 2.64 bits per heavy atom. The molecule has 1 atom stereocenters. The fourth-order valence-electron chi connectivity index (χ4n) is 0.918. The van der Waals surface area contributed by atoms with Crippen molar-refractivity contribution in [3.05, 3.63) is 19.1 Å². The summed E-state index contributed by atoms with van der Waals surface area (Å²) in [7, 11) is 0. The zero-order valence-electron chi connectivity index (χ0n) is 9.04. The van der Waals surface area contributed by atoms with Crippen LogP contribution in [0.5, 0.6) is 0 Å². The Kier molecular flexibility index (Phi) is 7.11. The molecule has 0 aliphatic rings. The maximum atomic E-state index is 10.9. The third kappa shape index (κ3) is 6.66. The average Bonchev–Trinajstić information content (AvgIpc) is 2.12. The monoisotopic (exact) mass is 199 g/mol. The van der Waals surface area contributed by atoms with Crippen molar-refractivity contribution >= 4 is 5.97 Å². The number of carbonyl (C=O) groups excluding carboxylic acids is 1. The average molecular weight is 199 g/mol. The summed E-state index contributed by atoms with van der Waals surface area (Å²) in [5, 5.41) is 0. The van der Waals surface area contributed by atoms with E-state index in [9.17, 15) is 4.79 Å². The molecule has 0 aliphatic heterocycles. The zero-order chi connectivity index (χ0) is 11.0. The molecule has 3 nitrogen and oxygen atoms in total. The van der Waals surface area contributed by atoms with Gasteiger partial charge in [0.15, 0.2) is 0 Å². The second kappa shape index (κ2) is 7.56. The highest BCUT2D eigenvalue weighted by Gasteiger charge is 2.04. The Bertz CT molecular complexity index is 187. The first kappa shape index (κ1) is 13.2. The van der Waals surface area contributed by atoms with Crippen LogP contribution in [0.3, 0.4) is 0 Å². The van der Waals surface area contributed by atoms with Crippen molar-refractivity contribution in [2.24, 2.45) is 0 Å². The third-order valence-electron chi connectivity index (χ3n) is 1.65. The number of carbonyl (C=O) groups is 1. The molecule has 3 heteroatoms. The molecule has 0 aliphatic carbocycles. The lowest BCUT2D eigenvalue weighted by Crippen LogP contribution is -2.11. The quantitative estimate of drug-likeness (QED) is 0.358. The van der Waals surface area contributed by atoms with Gasteiger partial charge in [0.1, 0.15) is 0 Å². The summed E-state index contributed by atoms with van der Waals surface area (Å²) in [5.74, 6) is -0.331. The van der Waals surface area contributed by atoms with Crippen LogP contribution in [-0.4, -0.2) is 25.3 Å². The standard InChI is InChI=1S/C11H19O3/c1-5-13-10(4)7-6-8-14-11(12)9(2)3/h10H,2,4-8H2,1,3H3. The van der Waals surface area contributed by atoms with E-state index >= 15 is 0 Å². The van der Waals surface area contributed by atoms with E-state index in [1.54, 1.807) is 6.92 Å². The Hall–Kier alpha value is -0.830. The van der Waals surface area contributed by atoms with Crippen LogP contribution >= 0.6 is 0 Å². The molecule has 0 rings (SSSR count). The van der Waals surface area contributed by atoms with Crippen LogP contribution in [0, 0.1) is 6.92 Å². The lowest BCUT2D eigenvalue weighted by molar-refractivity contribution is -0.139. The predicted octanol–water partition coefficient (Wildman–Crippen LogP) is 2.13. The van der Waals surface area contributed by atoms with E-state index in [4.69, 9.17) is 9.47 Å². The van der Waals surface area contributed by atoms with Gasteiger partial charge in [0.05, 0.1) is 12.7 Å². The van der Waals surface area contributed by atoms with E-state index in [0.717, 1.165) is 12.8 Å². The molecule has 0 aromatic carbocycles. The van der Waals surface area contributed by atoms with Crippen LogP contribution in [0.15, 0.2) is 12.2 Å². The molecule has 0 fully saturated rings. The van der Waals surface area contributed by atoms with Gasteiger partial charge in [-0.1, -0.05) is 6.58 Å². The van der Waals surface area contributed by atoms with Crippen molar-refractivity contribution in [1.82, 2.24) is 0 Å². The molecule has 1 radical (unpaired) electrons. The topological polar surface area (TPSA) is 35.5 Å². The summed E-state index contributed by atoms with van der Waals surface area (Å²) >= 11 is 0. The molecule has 0 bridgehead atoms. The molecule has 0 spiro atoms. The predicted molar refractivity (Wildman–Crippen MR) is 55.8 cm³/mol. The second-order valence-corrected chi connectivity index (χ2v) is 3.14. The van der Waals surface area contributed by atoms with Crippen LogP contribution in [-0.2, 0) is 14.3 Å². The molecule has 81 valence electrons. The number of esters is 1. The van der Waals surface area contributed by atoms with Gasteiger partial charge in [-0.05, 0) is 33.6 Å². The molecule has 0 amide bonds. The maximum absolute atomic E-state index is 10.9. The van der Waals surface area contributed by atoms with Crippen LogP contribution < -0.4 is 0 Å². The normalized spacial score (nSPS) is 12.2. The first-order valence-corrected chi connectivity index (χ1v) is 4.85. The van der Waals surface area contributed by atoms with Crippen LogP contribution in [0.25, 0.3) is 0 Å². The number of ether oxygens (including phenoxy) is 2. The van der Waals surface area contributed by atoms with Gasteiger partial charge in [-0.15, -0.1) is 0 Å². The number of hydrogen-bond donors (Lipinski definition) is 0. The highest BCUT2D eigenvalue weighted by molar-refractivity contribution is 5.86. The molecule has 0 heterocycles. The van der Waals surface area contributed by atoms with E-state index in [-0.39, 0.29) is 12.1 Å². The van der Waals surface area contributed by atoms with Crippen LogP contribution in [0.2, 0.25) is 0 Å². The molecule has 0 saturated carbocycles. The van der Waals surface area contributed by atoms with E-state index < -0.39 is 0 Å². The zero-order valence-corrected chi connectivity index (χ0v) is 9.04. The summed E-state index contributed by atoms with van der Waals surface area (Å²) in [6.45, 7) is 11.9. The number of hydrogen-bond acceptors (Lipinski definition) is 3. The van der Waals surface area contributed by atoms with Crippen molar-refractivity contribution in [2.75, 3.05) is 13.2 Å². The Morgan fingerprint density at radius 1 is 1.50 bits per heavy atom. The fraction of sp³-hybridized carbons (Fsp3) is 0.636. The largest absolute Gasteiger partial charge is 0.462 e. The molecule has 1 unspecified atom stereocenters. The van der Waals surface area contributed by atoms with Crippen LogP contribution in [0.4, 0.5) is 0 Å². The van der Waals surface area contributed by atoms with Crippen LogP contribution in [0.1, 0.15) is 26.7 Å². The molecule has 0 aromatic rings. The summed E-state index contributed by atoms with van der Waals surface area (Å²) in [6, 6.07) is 0. The smallest absolute Gasteiger partial charge is 0.333 e. The SMILES string of the molecule is [CH2]C(CCCOC(=O)C(=C)C)OCC. The third-order valence-corrected chi connectivity index (χ3v) is 1.65. The molecular weight excluding hydrogens is 180 g/mol. The minimum atomic E-state index is -0.331. The Balaban J connectivity index is 3.37. The van der Waals surface area contributed by atoms with E-state index in [0.29, 0.717) is 18.8 Å². The molecule has 0 N–H and O–H groups in total. The summed E-state index contributed by atoms with van der Waals surface area (Å²) in [6.07, 6.45) is 1.56. The highest BCUT2D eigenvalue weighted by Crippen LogP contribution is 2.02. The van der Waals surface area contributed by atoms with Gasteiger partial charge >= 0.3 is 5.97 Å². The summed E-state index contributed by atoms with van der Waals surface area (Å²) in [4.78, 5) is 10.9. The van der Waals surface area contributed by atoms with Crippen molar-refractivity contribution in [3.8, 4) is 0 Å². The first-order valence-electron chi connectivity index (χ1n) is 4.85. The Labute approximate surface area is 86.1 Å². The molecule has 14 heavy (non-hydrogen) atoms. The van der Waals surface area contributed by atoms with Crippen molar-refractivity contribution in [3.63, 3.8) is 0 Å². The molecule has 0 aromatic heterocycles. The van der Waals surface area contributed by atoms with Gasteiger partial charge in [-0.25, -0.2) is 4.79 Å². The van der Waals surface area contributed by atoms with Gasteiger partial charge in [0.25, 0.3) is 0 Å². The number of rotatable bonds is 7. The molecule has 0 saturated heterocycles. The highest BCUT2D eigenvalue weighted by atomic mass is 16.5. The second-order valence-electron chi connectivity index (χ2n) is 3.14. The first-order chi connectivity index (χ1) is 6.57. The fourth-order valence-corrected chi connectivity index (χ4v) is 0.918. The van der Waals surface area contributed by atoms with E-state index in [1.807, 2.05) is 6.92 Å². The van der Waals surface area contributed by atoms with Gasteiger partial charge in [0.2, 0.25) is 0 Å². The van der Waals surface area contributed by atoms with E-state index in [1.165, 1.54) is 0 Å². The lowest BCUT2D eigenvalue weighted by Gasteiger charge is -2.10. The van der Waals surface area contributed by atoms with E-state index in [2.05, 4.69) is 13.5 Å². The van der Waals surface area contributed by atoms with Gasteiger partial charge in [0, 0.05) is 12.2 Å². The summed E-state index contributed by atoms with van der Waals surface area (Å²) < 4.78 is 10.1. The van der Waals surface area contributed by atoms with Gasteiger partial charge < -0.3 is 9.47 Å². The van der Waals surface area contributed by atoms with Crippen molar-refractivity contribution in [2.45, 2.75) is 32.8 Å². The maximum Gasteiger partial charge on any atom is 0.333 e. The summed E-state index contributed by atoms with van der Waals surface area (Å²) in [5.41, 5.74) is 0.431.